The Labute approximate surface area is 168 Å². The van der Waals surface area contributed by atoms with Gasteiger partial charge in [0.05, 0.1) is 23.8 Å². The number of pyridine rings is 1. The Hall–Kier alpha value is -3.95. The molecule has 0 radical (unpaired) electrons. The third-order valence-electron chi connectivity index (χ3n) is 4.09. The van der Waals surface area contributed by atoms with Gasteiger partial charge in [-0.1, -0.05) is 30.3 Å². The average molecular weight is 413 g/mol. The van der Waals surface area contributed by atoms with Gasteiger partial charge in [-0.3, -0.25) is 4.79 Å². The maximum Gasteiger partial charge on any atom is 0.422 e. The molecule has 4 rings (SSSR count). The number of ether oxygens (including phenoxy) is 1. The number of hydrogen-bond donors (Lipinski definition) is 1. The van der Waals surface area contributed by atoms with E-state index < -0.39 is 18.7 Å². The lowest BCUT2D eigenvalue weighted by atomic mass is 10.1. The van der Waals surface area contributed by atoms with Crippen LogP contribution in [0.2, 0.25) is 0 Å². The number of aromatic nitrogens is 4. The molecule has 3 aromatic heterocycles. The number of rotatable bonds is 5. The van der Waals surface area contributed by atoms with Gasteiger partial charge in [-0.25, -0.2) is 14.5 Å². The number of fused-ring (bicyclic) bond motifs is 1. The van der Waals surface area contributed by atoms with E-state index in [0.29, 0.717) is 5.65 Å². The quantitative estimate of drug-likeness (QED) is 0.535. The topological polar surface area (TPSA) is 81.4 Å². The molecule has 1 aromatic carbocycles. The molecule has 0 atom stereocenters. The summed E-state index contributed by atoms with van der Waals surface area (Å²) >= 11 is 0. The van der Waals surface area contributed by atoms with Crippen LogP contribution >= 0.6 is 0 Å². The lowest BCUT2D eigenvalue weighted by Gasteiger charge is -2.09. The molecule has 0 spiro atoms. The van der Waals surface area contributed by atoms with Crippen LogP contribution in [0.3, 0.4) is 0 Å². The number of hydrogen-bond acceptors (Lipinski definition) is 5. The molecular formula is C20H14F3N5O2. The van der Waals surface area contributed by atoms with Crippen LogP contribution in [-0.4, -0.2) is 38.3 Å². The van der Waals surface area contributed by atoms with Crippen molar-refractivity contribution >= 4 is 17.2 Å². The summed E-state index contributed by atoms with van der Waals surface area (Å²) in [5, 5.41) is 6.89. The molecule has 152 valence electrons. The Morgan fingerprint density at radius 3 is 2.53 bits per heavy atom. The Kier molecular flexibility index (Phi) is 5.05. The van der Waals surface area contributed by atoms with Crippen LogP contribution in [0, 0.1) is 0 Å². The predicted molar refractivity (Wildman–Crippen MR) is 102 cm³/mol. The first kappa shape index (κ1) is 19.4. The summed E-state index contributed by atoms with van der Waals surface area (Å²) in [5.41, 5.74) is 2.58. The SMILES string of the molecule is O=C(Nc1ccc(OCC(F)(F)F)nc1)c1cnn2c(-c3ccccc3)ccnc12. The number of carbonyl (C=O) groups excluding carboxylic acids is 1. The fourth-order valence-electron chi connectivity index (χ4n) is 2.77. The van der Waals surface area contributed by atoms with Crippen LogP contribution in [0.1, 0.15) is 10.4 Å². The van der Waals surface area contributed by atoms with Crippen molar-refractivity contribution in [1.82, 2.24) is 19.6 Å². The van der Waals surface area contributed by atoms with Gasteiger partial charge in [0.15, 0.2) is 12.3 Å². The molecule has 1 amide bonds. The van der Waals surface area contributed by atoms with Crippen molar-refractivity contribution in [1.29, 1.82) is 0 Å². The predicted octanol–water partition coefficient (Wildman–Crippen LogP) is 3.98. The first-order valence-electron chi connectivity index (χ1n) is 8.76. The minimum atomic E-state index is -4.45. The largest absolute Gasteiger partial charge is 0.468 e. The molecule has 3 heterocycles. The molecule has 0 aliphatic rings. The first-order valence-corrected chi connectivity index (χ1v) is 8.76. The fourth-order valence-corrected chi connectivity index (χ4v) is 2.77. The van der Waals surface area contributed by atoms with E-state index in [9.17, 15) is 18.0 Å². The summed E-state index contributed by atoms with van der Waals surface area (Å²) in [6, 6.07) is 14.0. The van der Waals surface area contributed by atoms with E-state index >= 15 is 0 Å². The number of alkyl halides is 3. The molecule has 0 aliphatic carbocycles. The molecule has 0 aliphatic heterocycles. The smallest absolute Gasteiger partial charge is 0.422 e. The van der Waals surface area contributed by atoms with Gasteiger partial charge in [0, 0.05) is 17.8 Å². The third kappa shape index (κ3) is 4.22. The zero-order valence-electron chi connectivity index (χ0n) is 15.3. The summed E-state index contributed by atoms with van der Waals surface area (Å²) in [5.74, 6) is -0.677. The first-order chi connectivity index (χ1) is 14.4. The molecule has 0 saturated heterocycles. The lowest BCUT2D eigenvalue weighted by Crippen LogP contribution is -2.19. The van der Waals surface area contributed by atoms with Gasteiger partial charge in [-0.05, 0) is 12.1 Å². The molecular weight excluding hydrogens is 399 g/mol. The second kappa shape index (κ2) is 7.82. The highest BCUT2D eigenvalue weighted by Crippen LogP contribution is 2.22. The van der Waals surface area contributed by atoms with Crippen LogP contribution in [0.4, 0.5) is 18.9 Å². The van der Waals surface area contributed by atoms with E-state index in [1.54, 1.807) is 16.8 Å². The van der Waals surface area contributed by atoms with E-state index in [1.165, 1.54) is 24.5 Å². The van der Waals surface area contributed by atoms with Crippen molar-refractivity contribution in [3.05, 3.63) is 72.7 Å². The van der Waals surface area contributed by atoms with Crippen LogP contribution in [0.5, 0.6) is 5.88 Å². The standard InChI is InChI=1S/C20H14F3N5O2/c21-20(22,23)12-30-17-7-6-14(10-25-17)27-19(29)15-11-26-28-16(8-9-24-18(15)28)13-4-2-1-3-5-13/h1-11H,12H2,(H,27,29). The number of nitrogens with one attached hydrogen (secondary N) is 1. The maximum atomic E-state index is 12.7. The molecule has 30 heavy (non-hydrogen) atoms. The van der Waals surface area contributed by atoms with E-state index in [2.05, 4.69) is 25.1 Å². The van der Waals surface area contributed by atoms with Crippen LogP contribution < -0.4 is 10.1 Å². The van der Waals surface area contributed by atoms with Gasteiger partial charge in [0.25, 0.3) is 5.91 Å². The second-order valence-corrected chi connectivity index (χ2v) is 6.23. The molecule has 7 nitrogen and oxygen atoms in total. The number of benzene rings is 1. The monoisotopic (exact) mass is 413 g/mol. The molecule has 4 aromatic rings. The fraction of sp³-hybridized carbons (Fsp3) is 0.100. The minimum Gasteiger partial charge on any atom is -0.468 e. The molecule has 1 N–H and O–H groups in total. The van der Waals surface area contributed by atoms with Crippen molar-refractivity contribution in [2.24, 2.45) is 0 Å². The van der Waals surface area contributed by atoms with Gasteiger partial charge >= 0.3 is 6.18 Å². The Morgan fingerprint density at radius 2 is 1.83 bits per heavy atom. The number of amides is 1. The van der Waals surface area contributed by atoms with Gasteiger partial charge in [0.2, 0.25) is 5.88 Å². The van der Waals surface area contributed by atoms with Crippen molar-refractivity contribution in [3.8, 4) is 17.1 Å². The molecule has 0 bridgehead atoms. The Balaban J connectivity index is 1.53. The zero-order chi connectivity index (χ0) is 21.1. The van der Waals surface area contributed by atoms with E-state index in [4.69, 9.17) is 0 Å². The summed E-state index contributed by atoms with van der Waals surface area (Å²) in [6.45, 7) is -1.44. The van der Waals surface area contributed by atoms with E-state index in [0.717, 1.165) is 11.3 Å². The average Bonchev–Trinajstić information content (AvgIpc) is 3.18. The minimum absolute atomic E-state index is 0.199. The van der Waals surface area contributed by atoms with Crippen LogP contribution in [-0.2, 0) is 0 Å². The van der Waals surface area contributed by atoms with Crippen molar-refractivity contribution in [2.45, 2.75) is 6.18 Å². The van der Waals surface area contributed by atoms with Gasteiger partial charge < -0.3 is 10.1 Å². The number of carbonyl (C=O) groups is 1. The number of nitrogens with zero attached hydrogens (tertiary/aromatic N) is 4. The highest BCUT2D eigenvalue weighted by molar-refractivity contribution is 6.08. The highest BCUT2D eigenvalue weighted by Gasteiger charge is 2.28. The summed E-state index contributed by atoms with van der Waals surface area (Å²) in [4.78, 5) is 20.7. The lowest BCUT2D eigenvalue weighted by molar-refractivity contribution is -0.154. The number of anilines is 1. The Morgan fingerprint density at radius 1 is 1.03 bits per heavy atom. The highest BCUT2D eigenvalue weighted by atomic mass is 19.4. The molecule has 0 saturated carbocycles. The third-order valence-corrected chi connectivity index (χ3v) is 4.09. The second-order valence-electron chi connectivity index (χ2n) is 6.23. The van der Waals surface area contributed by atoms with Crippen molar-refractivity contribution in [2.75, 3.05) is 11.9 Å². The van der Waals surface area contributed by atoms with Crippen molar-refractivity contribution in [3.63, 3.8) is 0 Å². The summed E-state index contributed by atoms with van der Waals surface area (Å²) < 4.78 is 42.7. The van der Waals surface area contributed by atoms with Gasteiger partial charge in [-0.15, -0.1) is 0 Å². The van der Waals surface area contributed by atoms with Gasteiger partial charge in [0.1, 0.15) is 5.56 Å². The van der Waals surface area contributed by atoms with Crippen LogP contribution in [0.15, 0.2) is 67.1 Å². The van der Waals surface area contributed by atoms with Crippen molar-refractivity contribution < 1.29 is 22.7 Å². The molecule has 10 heteroatoms. The zero-order valence-corrected chi connectivity index (χ0v) is 15.3. The molecule has 0 unspecified atom stereocenters. The maximum absolute atomic E-state index is 12.7. The van der Waals surface area contributed by atoms with E-state index in [-0.39, 0.29) is 17.1 Å². The van der Waals surface area contributed by atoms with E-state index in [1.807, 2.05) is 30.3 Å². The summed E-state index contributed by atoms with van der Waals surface area (Å²) in [6.07, 6.45) is -0.259. The summed E-state index contributed by atoms with van der Waals surface area (Å²) in [7, 11) is 0. The Bertz CT molecular complexity index is 1170. The molecule has 0 fully saturated rings. The number of halogens is 3. The normalized spacial score (nSPS) is 11.4. The van der Waals surface area contributed by atoms with Gasteiger partial charge in [-0.2, -0.15) is 18.3 Å². The van der Waals surface area contributed by atoms with Crippen LogP contribution in [0.25, 0.3) is 16.9 Å².